The van der Waals surface area contributed by atoms with E-state index in [1.165, 1.54) is 6.07 Å². The number of halogens is 1. The molecule has 2 heterocycles. The molecule has 3 aromatic rings. The number of aromatic amines is 1. The predicted molar refractivity (Wildman–Crippen MR) is 121 cm³/mol. The molecule has 1 unspecified atom stereocenters. The van der Waals surface area contributed by atoms with Crippen molar-refractivity contribution in [3.05, 3.63) is 75.5 Å². The van der Waals surface area contributed by atoms with E-state index < -0.39 is 5.82 Å². The molecule has 1 aromatic heterocycles. The molecule has 1 saturated heterocycles. The van der Waals surface area contributed by atoms with Crippen molar-refractivity contribution in [1.82, 2.24) is 20.0 Å². The normalized spacial score (nSPS) is 20.2. The Bertz CT molecular complexity index is 1300. The van der Waals surface area contributed by atoms with Crippen LogP contribution in [0.2, 0.25) is 0 Å². The van der Waals surface area contributed by atoms with E-state index >= 15 is 0 Å². The Kier molecular flexibility index (Phi) is 5.44. The van der Waals surface area contributed by atoms with Crippen LogP contribution in [0, 0.1) is 17.7 Å². The first-order chi connectivity index (χ1) is 15.9. The van der Waals surface area contributed by atoms with Gasteiger partial charge in [0.05, 0.1) is 16.6 Å². The van der Waals surface area contributed by atoms with Gasteiger partial charge in [-0.05, 0) is 36.1 Å². The summed E-state index contributed by atoms with van der Waals surface area (Å²) in [6, 6.07) is 11.7. The second-order valence-electron chi connectivity index (χ2n) is 8.97. The molecule has 170 valence electrons. The summed E-state index contributed by atoms with van der Waals surface area (Å²) >= 11 is 0. The van der Waals surface area contributed by atoms with Gasteiger partial charge in [0.1, 0.15) is 5.82 Å². The number of carbonyl (C=O) groups excluding carboxylic acids is 2. The van der Waals surface area contributed by atoms with E-state index in [2.05, 4.69) is 17.1 Å². The maximum atomic E-state index is 14.6. The molecule has 5 rings (SSSR count). The zero-order chi connectivity index (χ0) is 23.1. The highest BCUT2D eigenvalue weighted by Crippen LogP contribution is 2.39. The Morgan fingerprint density at radius 3 is 2.42 bits per heavy atom. The van der Waals surface area contributed by atoms with Crippen LogP contribution in [-0.4, -0.2) is 58.0 Å². The predicted octanol–water partition coefficient (Wildman–Crippen LogP) is 2.59. The van der Waals surface area contributed by atoms with Crippen LogP contribution in [-0.2, 0) is 11.2 Å². The van der Waals surface area contributed by atoms with Gasteiger partial charge in [-0.2, -0.15) is 5.10 Å². The van der Waals surface area contributed by atoms with Crippen molar-refractivity contribution in [3.63, 3.8) is 0 Å². The largest absolute Gasteiger partial charge is 0.339 e. The van der Waals surface area contributed by atoms with Crippen LogP contribution in [0.25, 0.3) is 10.8 Å². The molecule has 0 spiro atoms. The summed E-state index contributed by atoms with van der Waals surface area (Å²) in [6.45, 7) is 3.80. The van der Waals surface area contributed by atoms with Gasteiger partial charge in [-0.3, -0.25) is 14.4 Å². The first-order valence-electron chi connectivity index (χ1n) is 11.2. The number of carbonyl (C=O) groups is 2. The minimum absolute atomic E-state index is 0.0109. The van der Waals surface area contributed by atoms with Crippen molar-refractivity contribution < 1.29 is 14.0 Å². The van der Waals surface area contributed by atoms with Gasteiger partial charge in [0.15, 0.2) is 0 Å². The van der Waals surface area contributed by atoms with Crippen molar-refractivity contribution in [2.24, 2.45) is 11.8 Å². The molecule has 0 bridgehead atoms. The summed E-state index contributed by atoms with van der Waals surface area (Å²) in [5.41, 5.74) is 1.12. The van der Waals surface area contributed by atoms with Gasteiger partial charge in [0.2, 0.25) is 5.91 Å². The molecular weight excluding hydrogens is 423 g/mol. The Morgan fingerprint density at radius 1 is 1.06 bits per heavy atom. The molecule has 2 fully saturated rings. The topological polar surface area (TPSA) is 86.4 Å². The summed E-state index contributed by atoms with van der Waals surface area (Å²) in [5, 5.41) is 7.94. The average molecular weight is 448 g/mol. The third-order valence-corrected chi connectivity index (χ3v) is 6.71. The van der Waals surface area contributed by atoms with Crippen molar-refractivity contribution in [1.29, 1.82) is 0 Å². The van der Waals surface area contributed by atoms with Crippen LogP contribution in [0.1, 0.15) is 35.0 Å². The summed E-state index contributed by atoms with van der Waals surface area (Å²) < 4.78 is 14.6. The minimum atomic E-state index is -0.576. The minimum Gasteiger partial charge on any atom is -0.339 e. The number of hydrogen-bond donors (Lipinski definition) is 1. The molecule has 1 saturated carbocycles. The second-order valence-corrected chi connectivity index (χ2v) is 8.97. The molecule has 1 aliphatic heterocycles. The molecule has 2 aromatic carbocycles. The van der Waals surface area contributed by atoms with E-state index in [4.69, 9.17) is 0 Å². The number of hydrogen-bond acceptors (Lipinski definition) is 4. The summed E-state index contributed by atoms with van der Waals surface area (Å²) in [6.07, 6.45) is 1.29. The molecule has 2 aliphatic rings. The first-order valence-corrected chi connectivity index (χ1v) is 11.2. The Balaban J connectivity index is 1.32. The van der Waals surface area contributed by atoms with Crippen molar-refractivity contribution >= 4 is 22.6 Å². The highest BCUT2D eigenvalue weighted by molar-refractivity contribution is 5.95. The van der Waals surface area contributed by atoms with Gasteiger partial charge in [0.25, 0.3) is 11.5 Å². The van der Waals surface area contributed by atoms with Gasteiger partial charge in [0, 0.05) is 43.9 Å². The fourth-order valence-corrected chi connectivity index (χ4v) is 4.55. The number of nitrogens with zero attached hydrogens (tertiary/aromatic N) is 3. The van der Waals surface area contributed by atoms with Gasteiger partial charge in [-0.25, -0.2) is 9.49 Å². The number of H-pyrrole nitrogens is 1. The van der Waals surface area contributed by atoms with Crippen molar-refractivity contribution in [2.75, 3.05) is 26.2 Å². The molecule has 7 nitrogen and oxygen atoms in total. The zero-order valence-electron chi connectivity index (χ0n) is 18.4. The lowest BCUT2D eigenvalue weighted by Gasteiger charge is -2.35. The van der Waals surface area contributed by atoms with E-state index in [0.717, 1.165) is 17.4 Å². The Morgan fingerprint density at radius 2 is 1.73 bits per heavy atom. The lowest BCUT2D eigenvalue weighted by Crippen LogP contribution is -2.51. The average Bonchev–Trinajstić information content (AvgIpc) is 3.58. The molecule has 33 heavy (non-hydrogen) atoms. The van der Waals surface area contributed by atoms with Gasteiger partial charge in [-0.1, -0.05) is 31.2 Å². The van der Waals surface area contributed by atoms with Crippen LogP contribution in [0.5, 0.6) is 0 Å². The molecule has 1 N–H and O–H groups in total. The third kappa shape index (κ3) is 4.13. The monoisotopic (exact) mass is 448 g/mol. The van der Waals surface area contributed by atoms with E-state index in [1.807, 2.05) is 17.0 Å². The number of fused-ring (bicyclic) bond motifs is 1. The lowest BCUT2D eigenvalue weighted by molar-refractivity contribution is -0.134. The second kappa shape index (κ2) is 8.42. The van der Waals surface area contributed by atoms with Crippen LogP contribution >= 0.6 is 0 Å². The zero-order valence-corrected chi connectivity index (χ0v) is 18.4. The SMILES string of the molecule is C[C@@H]1CC1C(=O)N1CCN(C(=O)c2cc(Cc3n[nH]c(=O)c4ccccc34)ccc2F)CC1. The van der Waals surface area contributed by atoms with Crippen molar-refractivity contribution in [3.8, 4) is 0 Å². The van der Waals surface area contributed by atoms with Crippen LogP contribution in [0.3, 0.4) is 0 Å². The van der Waals surface area contributed by atoms with Crippen LogP contribution < -0.4 is 5.56 Å². The number of piperazine rings is 1. The van der Waals surface area contributed by atoms with E-state index in [-0.39, 0.29) is 28.9 Å². The summed E-state index contributed by atoms with van der Waals surface area (Å²) in [7, 11) is 0. The number of nitrogens with one attached hydrogen (secondary N) is 1. The fraction of sp³-hybridized carbons (Fsp3) is 0.360. The highest BCUT2D eigenvalue weighted by Gasteiger charge is 2.42. The Labute approximate surface area is 190 Å². The van der Waals surface area contributed by atoms with Crippen molar-refractivity contribution in [2.45, 2.75) is 19.8 Å². The van der Waals surface area contributed by atoms with Gasteiger partial charge < -0.3 is 9.80 Å². The standard InChI is InChI=1S/C25H25FN4O3/c1-15-12-19(15)24(32)29-8-10-30(11-9-29)25(33)20-13-16(6-7-21(20)26)14-22-17-4-2-3-5-18(17)23(31)28-27-22/h2-7,13,15,19H,8-12,14H2,1H3,(H,28,31)/t15-,19?/m1/s1. The Hall–Kier alpha value is -3.55. The summed E-state index contributed by atoms with van der Waals surface area (Å²) in [5.74, 6) is -0.209. The smallest absolute Gasteiger partial charge is 0.272 e. The third-order valence-electron chi connectivity index (χ3n) is 6.71. The molecule has 0 radical (unpaired) electrons. The van der Waals surface area contributed by atoms with E-state index in [0.29, 0.717) is 49.6 Å². The first kappa shape index (κ1) is 21.3. The molecule has 1 aliphatic carbocycles. The molecule has 2 atom stereocenters. The molecule has 2 amide bonds. The van der Waals surface area contributed by atoms with E-state index in [1.54, 1.807) is 29.2 Å². The maximum absolute atomic E-state index is 14.6. The maximum Gasteiger partial charge on any atom is 0.272 e. The van der Waals surface area contributed by atoms with Gasteiger partial charge in [-0.15, -0.1) is 0 Å². The highest BCUT2D eigenvalue weighted by atomic mass is 19.1. The van der Waals surface area contributed by atoms with E-state index in [9.17, 15) is 18.8 Å². The number of rotatable bonds is 4. The van der Waals surface area contributed by atoms with Crippen LogP contribution in [0.4, 0.5) is 4.39 Å². The lowest BCUT2D eigenvalue weighted by atomic mass is 10.0. The quantitative estimate of drug-likeness (QED) is 0.665. The van der Waals surface area contributed by atoms with Crippen LogP contribution in [0.15, 0.2) is 47.3 Å². The number of amides is 2. The molecular formula is C25H25FN4O3. The molecule has 8 heteroatoms. The number of benzene rings is 2. The fourth-order valence-electron chi connectivity index (χ4n) is 4.55. The number of aromatic nitrogens is 2. The van der Waals surface area contributed by atoms with Gasteiger partial charge >= 0.3 is 0 Å². The summed E-state index contributed by atoms with van der Waals surface area (Å²) in [4.78, 5) is 41.0.